The van der Waals surface area contributed by atoms with Gasteiger partial charge in [0.25, 0.3) is 0 Å². The number of phenols is 1. The number of fused-ring (bicyclic) bond motifs is 1. The van der Waals surface area contributed by atoms with Crippen molar-refractivity contribution >= 4 is 10.8 Å². The maximum Gasteiger partial charge on any atom is 2.00 e. The molecule has 0 bridgehead atoms. The quantitative estimate of drug-likeness (QED) is 0.688. The molecule has 0 heterocycles. The second-order valence-corrected chi connectivity index (χ2v) is 2.50. The summed E-state index contributed by atoms with van der Waals surface area (Å²) in [6.07, 6.45) is 0. The average molecular weight is 226 g/mol. The molecule has 0 spiro atoms. The van der Waals surface area contributed by atoms with Gasteiger partial charge in [-0.3, -0.25) is 0 Å². The van der Waals surface area contributed by atoms with Gasteiger partial charge in [-0.25, -0.2) is 0 Å². The molecule has 2 aromatic carbocycles. The summed E-state index contributed by atoms with van der Waals surface area (Å²) in [5.74, 6) is 0.350. The molecule has 62 valence electrons. The van der Waals surface area contributed by atoms with Gasteiger partial charge >= 0.3 is 19.5 Å². The van der Waals surface area contributed by atoms with E-state index in [0.717, 1.165) is 10.8 Å². The maximum absolute atomic E-state index is 9.37. The minimum absolute atomic E-state index is 0. The van der Waals surface area contributed by atoms with E-state index in [4.69, 9.17) is 0 Å². The zero-order valence-electron chi connectivity index (χ0n) is 7.10. The molecule has 3 heteroatoms. The first-order chi connectivity index (χ1) is 5.38. The minimum atomic E-state index is 0. The van der Waals surface area contributed by atoms with E-state index in [9.17, 15) is 5.11 Å². The Bertz CT molecular complexity index is 382. The predicted molar refractivity (Wildman–Crippen MR) is 46.3 cm³/mol. The Morgan fingerprint density at radius 1 is 0.846 bits per heavy atom. The molecule has 13 heavy (non-hydrogen) atoms. The van der Waals surface area contributed by atoms with Crippen molar-refractivity contribution in [1.29, 1.82) is 0 Å². The SMILES string of the molecule is Oc1cccc2ccccc12.[O-2].[Zn+2]. The normalized spacial score (nSPS) is 8.62. The summed E-state index contributed by atoms with van der Waals surface area (Å²) < 4.78 is 0. The summed E-state index contributed by atoms with van der Waals surface area (Å²) in [6, 6.07) is 13.3. The molecule has 1 N–H and O–H groups in total. The number of aromatic hydroxyl groups is 1. The second kappa shape index (κ2) is 4.95. The van der Waals surface area contributed by atoms with Gasteiger partial charge in [-0.15, -0.1) is 0 Å². The van der Waals surface area contributed by atoms with Gasteiger partial charge < -0.3 is 10.6 Å². The van der Waals surface area contributed by atoms with Gasteiger partial charge in [-0.05, 0) is 11.5 Å². The van der Waals surface area contributed by atoms with E-state index in [2.05, 4.69) is 0 Å². The van der Waals surface area contributed by atoms with Crippen LogP contribution in [-0.4, -0.2) is 5.11 Å². The predicted octanol–water partition coefficient (Wildman–Crippen LogP) is 2.42. The molecule has 0 unspecified atom stereocenters. The monoisotopic (exact) mass is 224 g/mol. The number of benzene rings is 2. The number of hydrogen-bond donors (Lipinski definition) is 1. The zero-order chi connectivity index (χ0) is 7.68. The first-order valence-electron chi connectivity index (χ1n) is 3.54. The van der Waals surface area contributed by atoms with Crippen molar-refractivity contribution in [3.8, 4) is 5.75 Å². The van der Waals surface area contributed by atoms with Gasteiger partial charge in [0, 0.05) is 5.39 Å². The first-order valence-corrected chi connectivity index (χ1v) is 3.54. The van der Waals surface area contributed by atoms with Crippen LogP contribution in [0.2, 0.25) is 0 Å². The third kappa shape index (κ3) is 2.27. The van der Waals surface area contributed by atoms with Crippen LogP contribution in [0.3, 0.4) is 0 Å². The van der Waals surface area contributed by atoms with Crippen molar-refractivity contribution in [2.75, 3.05) is 0 Å². The van der Waals surface area contributed by atoms with Crippen LogP contribution in [0, 0.1) is 0 Å². The smallest absolute Gasteiger partial charge is 2.00 e. The molecular weight excluding hydrogens is 217 g/mol. The largest absolute Gasteiger partial charge is 2.00 e. The molecule has 2 nitrogen and oxygen atoms in total. The van der Waals surface area contributed by atoms with Gasteiger partial charge in [0.2, 0.25) is 0 Å². The Morgan fingerprint density at radius 2 is 1.46 bits per heavy atom. The van der Waals surface area contributed by atoms with Crippen LogP contribution in [0.1, 0.15) is 0 Å². The fourth-order valence-corrected chi connectivity index (χ4v) is 1.21. The van der Waals surface area contributed by atoms with Crippen molar-refractivity contribution in [2.45, 2.75) is 0 Å². The Balaban J connectivity index is 0.000000720. The van der Waals surface area contributed by atoms with Crippen LogP contribution in [0.25, 0.3) is 10.8 Å². The molecule has 0 radical (unpaired) electrons. The minimum Gasteiger partial charge on any atom is -2.00 e. The summed E-state index contributed by atoms with van der Waals surface area (Å²) in [5, 5.41) is 11.4. The van der Waals surface area contributed by atoms with E-state index >= 15 is 0 Å². The average Bonchev–Trinajstić information content (AvgIpc) is 2.06. The summed E-state index contributed by atoms with van der Waals surface area (Å²) in [7, 11) is 0. The molecule has 0 aliphatic rings. The maximum atomic E-state index is 9.37. The van der Waals surface area contributed by atoms with Crippen molar-refractivity contribution in [3.05, 3.63) is 42.5 Å². The Hall–Kier alpha value is -0.917. The van der Waals surface area contributed by atoms with Crippen molar-refractivity contribution in [3.63, 3.8) is 0 Å². The Labute approximate surface area is 89.3 Å². The van der Waals surface area contributed by atoms with E-state index in [1.807, 2.05) is 36.4 Å². The van der Waals surface area contributed by atoms with Crippen LogP contribution >= 0.6 is 0 Å². The third-order valence-corrected chi connectivity index (χ3v) is 1.77. The number of phenolic OH excluding ortho intramolecular Hbond substituents is 1. The van der Waals surface area contributed by atoms with E-state index in [1.165, 1.54) is 0 Å². The summed E-state index contributed by atoms with van der Waals surface area (Å²) in [5.41, 5.74) is 0. The molecule has 0 fully saturated rings. The Morgan fingerprint density at radius 3 is 2.15 bits per heavy atom. The summed E-state index contributed by atoms with van der Waals surface area (Å²) in [6.45, 7) is 0. The molecule has 0 saturated heterocycles. The van der Waals surface area contributed by atoms with Crippen LogP contribution < -0.4 is 0 Å². The fourth-order valence-electron chi connectivity index (χ4n) is 1.21. The first kappa shape index (κ1) is 12.1. The second-order valence-electron chi connectivity index (χ2n) is 2.50. The third-order valence-electron chi connectivity index (χ3n) is 1.77. The molecule has 0 amide bonds. The van der Waals surface area contributed by atoms with Crippen LogP contribution in [0.4, 0.5) is 0 Å². The van der Waals surface area contributed by atoms with Gasteiger partial charge in [0.1, 0.15) is 5.75 Å². The van der Waals surface area contributed by atoms with Gasteiger partial charge in [-0.2, -0.15) is 0 Å². The van der Waals surface area contributed by atoms with Gasteiger partial charge in [0.05, 0.1) is 0 Å². The number of rotatable bonds is 0. The molecule has 0 aromatic heterocycles. The van der Waals surface area contributed by atoms with Crippen LogP contribution in [0.5, 0.6) is 5.75 Å². The van der Waals surface area contributed by atoms with Crippen molar-refractivity contribution < 1.29 is 30.1 Å². The number of hydrogen-bond acceptors (Lipinski definition) is 1. The van der Waals surface area contributed by atoms with Crippen LogP contribution in [-0.2, 0) is 25.0 Å². The van der Waals surface area contributed by atoms with Gasteiger partial charge in [0.15, 0.2) is 0 Å². The molecule has 0 aliphatic heterocycles. The standard InChI is InChI=1S/C10H8O.O.Zn/c11-10-7-3-5-8-4-1-2-6-9(8)10;;/h1-7,11H;;/q;-2;+2. The molecule has 0 aliphatic carbocycles. The van der Waals surface area contributed by atoms with Gasteiger partial charge in [-0.1, -0.05) is 36.4 Å². The van der Waals surface area contributed by atoms with E-state index in [1.54, 1.807) is 6.07 Å². The zero-order valence-corrected chi connectivity index (χ0v) is 10.1. The molecule has 2 aromatic rings. The molecule has 2 rings (SSSR count). The van der Waals surface area contributed by atoms with E-state index < -0.39 is 0 Å². The van der Waals surface area contributed by atoms with Crippen molar-refractivity contribution in [1.82, 2.24) is 0 Å². The topological polar surface area (TPSA) is 48.7 Å². The molecule has 0 saturated carbocycles. The van der Waals surface area contributed by atoms with Crippen LogP contribution in [0.15, 0.2) is 42.5 Å². The van der Waals surface area contributed by atoms with E-state index in [0.29, 0.717) is 5.75 Å². The Kier molecular flexibility index (Phi) is 4.60. The van der Waals surface area contributed by atoms with E-state index in [-0.39, 0.29) is 25.0 Å². The summed E-state index contributed by atoms with van der Waals surface area (Å²) >= 11 is 0. The molecular formula is C10H8O2Zn. The molecule has 0 atom stereocenters. The summed E-state index contributed by atoms with van der Waals surface area (Å²) in [4.78, 5) is 0. The fraction of sp³-hybridized carbons (Fsp3) is 0. The van der Waals surface area contributed by atoms with Crippen molar-refractivity contribution in [2.24, 2.45) is 0 Å².